The summed E-state index contributed by atoms with van der Waals surface area (Å²) < 4.78 is 24.3. The summed E-state index contributed by atoms with van der Waals surface area (Å²) in [6.45, 7) is 3.59. The summed E-state index contributed by atoms with van der Waals surface area (Å²) in [5.74, 6) is 0.949. The lowest BCUT2D eigenvalue weighted by Crippen LogP contribution is -2.12. The largest absolute Gasteiger partial charge is 0.388 e. The van der Waals surface area contributed by atoms with Gasteiger partial charge in [-0.25, -0.2) is 23.2 Å². The average molecular weight is 348 g/mol. The van der Waals surface area contributed by atoms with Crippen LogP contribution in [0.3, 0.4) is 0 Å². The molecular weight excluding hydrogens is 328 g/mol. The zero-order valence-electron chi connectivity index (χ0n) is 13.5. The SMILES string of the molecule is C/C=C\C(=C/C)Cc1nc(CO)nn1-c1ccc(S(N)(=O)=O)cc1. The molecule has 8 heteroatoms. The first-order valence-corrected chi connectivity index (χ1v) is 8.90. The summed E-state index contributed by atoms with van der Waals surface area (Å²) in [5.41, 5.74) is 1.69. The molecule has 0 aliphatic heterocycles. The number of primary sulfonamides is 1. The number of allylic oxidation sites excluding steroid dienone is 4. The molecule has 0 saturated carbocycles. The molecule has 0 fully saturated rings. The zero-order chi connectivity index (χ0) is 17.7. The number of hydrogen-bond acceptors (Lipinski definition) is 5. The first-order valence-electron chi connectivity index (χ1n) is 7.35. The third-order valence-corrected chi connectivity index (χ3v) is 4.31. The number of hydrogen-bond donors (Lipinski definition) is 2. The number of benzene rings is 1. The maximum absolute atomic E-state index is 11.3. The monoisotopic (exact) mass is 348 g/mol. The highest BCUT2D eigenvalue weighted by Crippen LogP contribution is 2.16. The standard InChI is InChI=1S/C16H20N4O3S/c1-3-5-12(4-2)10-16-18-15(11-21)19-20(16)13-6-8-14(9-7-13)24(17,22)23/h3-9,21H,10-11H2,1-2H3,(H2,17,22,23)/b5-3-,12-4+. The molecule has 24 heavy (non-hydrogen) atoms. The van der Waals surface area contributed by atoms with E-state index in [0.29, 0.717) is 23.8 Å². The maximum Gasteiger partial charge on any atom is 0.238 e. The highest BCUT2D eigenvalue weighted by Gasteiger charge is 2.13. The summed E-state index contributed by atoms with van der Waals surface area (Å²) in [5, 5.41) is 18.7. The van der Waals surface area contributed by atoms with Crippen molar-refractivity contribution in [2.45, 2.75) is 31.8 Å². The van der Waals surface area contributed by atoms with Gasteiger partial charge in [0.1, 0.15) is 12.4 Å². The van der Waals surface area contributed by atoms with Crippen LogP contribution in [0, 0.1) is 0 Å². The number of aliphatic hydroxyl groups is 1. The van der Waals surface area contributed by atoms with Crippen molar-refractivity contribution in [1.29, 1.82) is 0 Å². The lowest BCUT2D eigenvalue weighted by atomic mass is 10.1. The Balaban J connectivity index is 2.44. The molecule has 0 aliphatic rings. The molecule has 2 aromatic rings. The van der Waals surface area contributed by atoms with Crippen LogP contribution in [0.15, 0.2) is 53.0 Å². The van der Waals surface area contributed by atoms with Crippen LogP contribution in [0.2, 0.25) is 0 Å². The summed E-state index contributed by atoms with van der Waals surface area (Å²) in [4.78, 5) is 4.36. The van der Waals surface area contributed by atoms with Crippen LogP contribution in [-0.2, 0) is 23.1 Å². The highest BCUT2D eigenvalue weighted by molar-refractivity contribution is 7.89. The fourth-order valence-corrected chi connectivity index (χ4v) is 2.73. The van der Waals surface area contributed by atoms with Crippen LogP contribution < -0.4 is 5.14 Å². The van der Waals surface area contributed by atoms with Gasteiger partial charge in [-0.15, -0.1) is 5.10 Å². The van der Waals surface area contributed by atoms with Gasteiger partial charge < -0.3 is 5.11 Å². The molecule has 0 aliphatic carbocycles. The number of nitrogens with two attached hydrogens (primary N) is 1. The Kier molecular flexibility index (Phi) is 5.66. The molecule has 7 nitrogen and oxygen atoms in total. The van der Waals surface area contributed by atoms with Crippen LogP contribution in [-0.4, -0.2) is 28.3 Å². The molecule has 1 heterocycles. The minimum absolute atomic E-state index is 0.0263. The number of rotatable bonds is 6. The van der Waals surface area contributed by atoms with Gasteiger partial charge in [0.2, 0.25) is 10.0 Å². The van der Waals surface area contributed by atoms with E-state index in [1.54, 1.807) is 16.8 Å². The predicted molar refractivity (Wildman–Crippen MR) is 90.9 cm³/mol. The van der Waals surface area contributed by atoms with Gasteiger partial charge in [-0.1, -0.05) is 18.2 Å². The van der Waals surface area contributed by atoms with E-state index in [1.165, 1.54) is 12.1 Å². The third-order valence-electron chi connectivity index (χ3n) is 3.38. The maximum atomic E-state index is 11.3. The molecule has 0 bridgehead atoms. The molecule has 0 atom stereocenters. The van der Waals surface area contributed by atoms with Crippen molar-refractivity contribution in [3.05, 3.63) is 59.7 Å². The Hall–Kier alpha value is -2.29. The van der Waals surface area contributed by atoms with E-state index in [4.69, 9.17) is 5.14 Å². The molecule has 1 aromatic carbocycles. The minimum atomic E-state index is -3.75. The van der Waals surface area contributed by atoms with Crippen molar-refractivity contribution in [1.82, 2.24) is 14.8 Å². The second-order valence-electron chi connectivity index (χ2n) is 5.09. The number of sulfonamides is 1. The molecule has 1 aromatic heterocycles. The van der Waals surface area contributed by atoms with Crippen molar-refractivity contribution >= 4 is 10.0 Å². The van der Waals surface area contributed by atoms with Crippen molar-refractivity contribution in [3.63, 3.8) is 0 Å². The first-order chi connectivity index (χ1) is 11.4. The van der Waals surface area contributed by atoms with E-state index in [1.807, 2.05) is 32.1 Å². The number of aromatic nitrogens is 3. The number of aliphatic hydroxyl groups excluding tert-OH is 1. The van der Waals surface area contributed by atoms with E-state index in [-0.39, 0.29) is 11.5 Å². The molecular formula is C16H20N4O3S. The second-order valence-corrected chi connectivity index (χ2v) is 6.65. The van der Waals surface area contributed by atoms with Crippen LogP contribution >= 0.6 is 0 Å². The molecule has 3 N–H and O–H groups in total. The molecule has 0 saturated heterocycles. The van der Waals surface area contributed by atoms with Gasteiger partial charge in [0.15, 0.2) is 5.82 Å². The molecule has 0 amide bonds. The third kappa shape index (κ3) is 4.16. The summed E-state index contributed by atoms with van der Waals surface area (Å²) in [6.07, 6.45) is 6.41. The van der Waals surface area contributed by atoms with Crippen LogP contribution in [0.1, 0.15) is 25.5 Å². The smallest absolute Gasteiger partial charge is 0.238 e. The van der Waals surface area contributed by atoms with Gasteiger partial charge >= 0.3 is 0 Å². The van der Waals surface area contributed by atoms with Crippen molar-refractivity contribution in [2.24, 2.45) is 5.14 Å². The van der Waals surface area contributed by atoms with E-state index < -0.39 is 10.0 Å². The number of nitrogens with zero attached hydrogens (tertiary/aromatic N) is 3. The Bertz CT molecular complexity index is 865. The first kappa shape index (κ1) is 18.1. The van der Waals surface area contributed by atoms with Gasteiger partial charge in [0.25, 0.3) is 0 Å². The molecule has 0 unspecified atom stereocenters. The molecule has 0 radical (unpaired) electrons. The lowest BCUT2D eigenvalue weighted by Gasteiger charge is -2.07. The predicted octanol–water partition coefficient (Wildman–Crippen LogP) is 1.47. The summed E-state index contributed by atoms with van der Waals surface area (Å²) in [7, 11) is -3.75. The van der Waals surface area contributed by atoms with E-state index >= 15 is 0 Å². The van der Waals surface area contributed by atoms with E-state index in [9.17, 15) is 13.5 Å². The Morgan fingerprint density at radius 3 is 2.46 bits per heavy atom. The Morgan fingerprint density at radius 2 is 1.96 bits per heavy atom. The van der Waals surface area contributed by atoms with Crippen LogP contribution in [0.25, 0.3) is 5.69 Å². The summed E-state index contributed by atoms with van der Waals surface area (Å²) >= 11 is 0. The Morgan fingerprint density at radius 1 is 1.29 bits per heavy atom. The van der Waals surface area contributed by atoms with Crippen molar-refractivity contribution in [2.75, 3.05) is 0 Å². The van der Waals surface area contributed by atoms with E-state index in [0.717, 1.165) is 5.57 Å². The molecule has 0 spiro atoms. The van der Waals surface area contributed by atoms with Gasteiger partial charge in [0.05, 0.1) is 10.6 Å². The fraction of sp³-hybridized carbons (Fsp3) is 0.250. The van der Waals surface area contributed by atoms with Crippen LogP contribution in [0.5, 0.6) is 0 Å². The minimum Gasteiger partial charge on any atom is -0.388 e. The van der Waals surface area contributed by atoms with Crippen molar-refractivity contribution < 1.29 is 13.5 Å². The van der Waals surface area contributed by atoms with Crippen molar-refractivity contribution in [3.8, 4) is 5.69 Å². The zero-order valence-corrected chi connectivity index (χ0v) is 14.4. The van der Waals surface area contributed by atoms with Gasteiger partial charge in [0, 0.05) is 6.42 Å². The Labute approximate surface area is 141 Å². The van der Waals surface area contributed by atoms with E-state index in [2.05, 4.69) is 10.1 Å². The average Bonchev–Trinajstić information content (AvgIpc) is 2.96. The van der Waals surface area contributed by atoms with Gasteiger partial charge in [-0.3, -0.25) is 0 Å². The van der Waals surface area contributed by atoms with Gasteiger partial charge in [-0.05, 0) is 43.7 Å². The highest BCUT2D eigenvalue weighted by atomic mass is 32.2. The molecule has 128 valence electrons. The van der Waals surface area contributed by atoms with Gasteiger partial charge in [-0.2, -0.15) is 0 Å². The summed E-state index contributed by atoms with van der Waals surface area (Å²) in [6, 6.07) is 6.03. The molecule has 2 rings (SSSR count). The topological polar surface area (TPSA) is 111 Å². The quantitative estimate of drug-likeness (QED) is 0.768. The lowest BCUT2D eigenvalue weighted by molar-refractivity contribution is 0.271. The second kappa shape index (κ2) is 7.52. The fourth-order valence-electron chi connectivity index (χ4n) is 2.21. The normalized spacial score (nSPS) is 12.9. The van der Waals surface area contributed by atoms with Crippen LogP contribution in [0.4, 0.5) is 0 Å².